The minimum absolute atomic E-state index is 0.143. The first-order chi connectivity index (χ1) is 9.06. The molecule has 3 N–H and O–H groups in total. The van der Waals surface area contributed by atoms with Gasteiger partial charge in [0.1, 0.15) is 5.82 Å². The third-order valence-corrected chi connectivity index (χ3v) is 3.91. The molecule has 1 unspecified atom stereocenters. The summed E-state index contributed by atoms with van der Waals surface area (Å²) in [5.74, 6) is 2.33. The molecule has 2 aromatic rings. The van der Waals surface area contributed by atoms with Crippen LogP contribution in [0.3, 0.4) is 0 Å². The largest absolute Gasteiger partial charge is 0.328 e. The molecule has 1 aromatic heterocycles. The molecule has 6 heteroatoms. The highest BCUT2D eigenvalue weighted by Gasteiger charge is 2.05. The Labute approximate surface area is 120 Å². The summed E-state index contributed by atoms with van der Waals surface area (Å²) < 4.78 is 0. The first-order valence-corrected chi connectivity index (χ1v) is 7.61. The van der Waals surface area contributed by atoms with Crippen molar-refractivity contribution in [2.24, 2.45) is 5.73 Å². The van der Waals surface area contributed by atoms with Crippen LogP contribution in [-0.2, 0) is 5.75 Å². The van der Waals surface area contributed by atoms with Crippen LogP contribution in [0.5, 0.6) is 0 Å². The maximum Gasteiger partial charge on any atom is 0.258 e. The number of thioether (sulfide) groups is 1. The number of rotatable bonds is 5. The highest BCUT2D eigenvalue weighted by atomic mass is 35.5. The van der Waals surface area contributed by atoms with Crippen LogP contribution in [0.4, 0.5) is 0 Å². The van der Waals surface area contributed by atoms with E-state index in [9.17, 15) is 4.79 Å². The summed E-state index contributed by atoms with van der Waals surface area (Å²) in [6.45, 7) is 1.99. The zero-order valence-corrected chi connectivity index (χ0v) is 12.2. The first-order valence-electron chi connectivity index (χ1n) is 6.08. The van der Waals surface area contributed by atoms with E-state index in [2.05, 4.69) is 9.97 Å². The predicted octanol–water partition coefficient (Wildman–Crippen LogP) is 2.55. The summed E-state index contributed by atoms with van der Waals surface area (Å²) in [5, 5.41) is 1.07. The maximum absolute atomic E-state index is 11.9. The molecule has 102 valence electrons. The lowest BCUT2D eigenvalue weighted by Crippen LogP contribution is -2.15. The summed E-state index contributed by atoms with van der Waals surface area (Å²) in [4.78, 5) is 19.1. The molecule has 0 saturated heterocycles. The molecule has 0 bridgehead atoms. The average molecular weight is 298 g/mol. The van der Waals surface area contributed by atoms with Gasteiger partial charge in [-0.15, -0.1) is 0 Å². The number of nitrogens with two attached hydrogens (primary N) is 1. The van der Waals surface area contributed by atoms with E-state index >= 15 is 0 Å². The number of H-pyrrole nitrogens is 1. The Bertz CT molecular complexity index is 627. The van der Waals surface area contributed by atoms with Gasteiger partial charge in [-0.2, -0.15) is 11.8 Å². The fraction of sp³-hybridized carbons (Fsp3) is 0.385. The molecule has 0 fully saturated rings. The topological polar surface area (TPSA) is 71.8 Å². The van der Waals surface area contributed by atoms with E-state index < -0.39 is 0 Å². The van der Waals surface area contributed by atoms with Gasteiger partial charge < -0.3 is 10.7 Å². The van der Waals surface area contributed by atoms with Crippen molar-refractivity contribution in [2.45, 2.75) is 25.1 Å². The standard InChI is InChI=1S/C13H16ClN3OS/c1-8(15)4-5-19-7-12-16-11-3-2-9(14)6-10(11)13(18)17-12/h2-3,6,8H,4-5,7,15H2,1H3,(H,16,17,18). The van der Waals surface area contributed by atoms with E-state index in [0.29, 0.717) is 27.5 Å². The van der Waals surface area contributed by atoms with Gasteiger partial charge in [-0.25, -0.2) is 4.98 Å². The summed E-state index contributed by atoms with van der Waals surface area (Å²) >= 11 is 7.58. The molecule has 0 aliphatic carbocycles. The van der Waals surface area contributed by atoms with E-state index in [4.69, 9.17) is 17.3 Å². The molecule has 2 rings (SSSR count). The lowest BCUT2D eigenvalue weighted by molar-refractivity contribution is 0.721. The number of aromatic nitrogens is 2. The number of nitrogens with one attached hydrogen (secondary N) is 1. The highest BCUT2D eigenvalue weighted by molar-refractivity contribution is 7.98. The molecule has 0 spiro atoms. The SMILES string of the molecule is CC(N)CCSCc1nc2ccc(Cl)cc2c(=O)[nH]1. The van der Waals surface area contributed by atoms with Crippen LogP contribution >= 0.6 is 23.4 Å². The van der Waals surface area contributed by atoms with Crippen molar-refractivity contribution >= 4 is 34.3 Å². The zero-order chi connectivity index (χ0) is 13.8. The van der Waals surface area contributed by atoms with E-state index in [-0.39, 0.29) is 11.6 Å². The Kier molecular flexibility index (Phi) is 4.85. The minimum atomic E-state index is -0.143. The molecule has 0 aliphatic rings. The third kappa shape index (κ3) is 3.96. The van der Waals surface area contributed by atoms with E-state index in [1.807, 2.05) is 6.92 Å². The second-order valence-electron chi connectivity index (χ2n) is 4.49. The van der Waals surface area contributed by atoms with E-state index in [0.717, 1.165) is 12.2 Å². The molecule has 1 heterocycles. The lowest BCUT2D eigenvalue weighted by atomic mass is 10.2. The van der Waals surface area contributed by atoms with Crippen molar-refractivity contribution in [1.82, 2.24) is 9.97 Å². The Morgan fingerprint density at radius 2 is 2.32 bits per heavy atom. The maximum atomic E-state index is 11.9. The number of fused-ring (bicyclic) bond motifs is 1. The van der Waals surface area contributed by atoms with E-state index in [1.165, 1.54) is 0 Å². The fourth-order valence-electron chi connectivity index (χ4n) is 1.67. The second-order valence-corrected chi connectivity index (χ2v) is 6.03. The smallest absolute Gasteiger partial charge is 0.258 e. The number of hydrogen-bond acceptors (Lipinski definition) is 4. The summed E-state index contributed by atoms with van der Waals surface area (Å²) in [5.41, 5.74) is 6.22. The van der Waals surface area contributed by atoms with Gasteiger partial charge in [0.05, 0.1) is 16.7 Å². The molecular weight excluding hydrogens is 282 g/mol. The Hall–Kier alpha value is -1.04. The quantitative estimate of drug-likeness (QED) is 0.832. The van der Waals surface area contributed by atoms with Gasteiger partial charge in [0, 0.05) is 11.1 Å². The first kappa shape index (κ1) is 14.4. The number of aromatic amines is 1. The molecule has 1 atom stereocenters. The monoisotopic (exact) mass is 297 g/mol. The Morgan fingerprint density at radius 3 is 3.05 bits per heavy atom. The summed E-state index contributed by atoms with van der Waals surface area (Å²) in [7, 11) is 0. The minimum Gasteiger partial charge on any atom is -0.328 e. The molecular formula is C13H16ClN3OS. The predicted molar refractivity (Wildman–Crippen MR) is 81.8 cm³/mol. The van der Waals surface area contributed by atoms with Crippen molar-refractivity contribution in [2.75, 3.05) is 5.75 Å². The van der Waals surface area contributed by atoms with Gasteiger partial charge in [0.2, 0.25) is 0 Å². The molecule has 0 aliphatic heterocycles. The van der Waals surface area contributed by atoms with Gasteiger partial charge in [-0.05, 0) is 37.3 Å². The summed E-state index contributed by atoms with van der Waals surface area (Å²) in [6, 6.07) is 5.35. The average Bonchev–Trinajstić information content (AvgIpc) is 2.35. The second kappa shape index (κ2) is 6.41. The fourth-order valence-corrected chi connectivity index (χ4v) is 2.85. The van der Waals surface area contributed by atoms with Gasteiger partial charge in [0.15, 0.2) is 0 Å². The lowest BCUT2D eigenvalue weighted by Gasteiger charge is -2.05. The van der Waals surface area contributed by atoms with Gasteiger partial charge in [0.25, 0.3) is 5.56 Å². The molecule has 4 nitrogen and oxygen atoms in total. The Balaban J connectivity index is 2.13. The molecule has 0 saturated carbocycles. The normalized spacial score (nSPS) is 12.8. The number of hydrogen-bond donors (Lipinski definition) is 2. The number of halogens is 1. The van der Waals surface area contributed by atoms with Gasteiger partial charge >= 0.3 is 0 Å². The van der Waals surface area contributed by atoms with E-state index in [1.54, 1.807) is 30.0 Å². The van der Waals surface area contributed by atoms with Gasteiger partial charge in [-0.3, -0.25) is 4.79 Å². The highest BCUT2D eigenvalue weighted by Crippen LogP contribution is 2.16. The molecule has 0 amide bonds. The molecule has 1 aromatic carbocycles. The zero-order valence-electron chi connectivity index (χ0n) is 10.6. The van der Waals surface area contributed by atoms with Crippen molar-refractivity contribution in [1.29, 1.82) is 0 Å². The van der Waals surface area contributed by atoms with Crippen LogP contribution in [0.15, 0.2) is 23.0 Å². The van der Waals surface area contributed by atoms with Crippen LogP contribution in [0.25, 0.3) is 10.9 Å². The molecule has 0 radical (unpaired) electrons. The number of benzene rings is 1. The number of nitrogens with zero attached hydrogens (tertiary/aromatic N) is 1. The van der Waals surface area contributed by atoms with Crippen LogP contribution in [0.2, 0.25) is 5.02 Å². The van der Waals surface area contributed by atoms with Crippen LogP contribution in [-0.4, -0.2) is 21.8 Å². The summed E-state index contributed by atoms with van der Waals surface area (Å²) in [6.07, 6.45) is 0.956. The third-order valence-electron chi connectivity index (χ3n) is 2.67. The van der Waals surface area contributed by atoms with Crippen molar-refractivity contribution < 1.29 is 0 Å². The van der Waals surface area contributed by atoms with Crippen molar-refractivity contribution in [3.05, 3.63) is 39.4 Å². The van der Waals surface area contributed by atoms with Crippen LogP contribution in [0, 0.1) is 0 Å². The van der Waals surface area contributed by atoms with Crippen LogP contribution in [0.1, 0.15) is 19.2 Å². The van der Waals surface area contributed by atoms with Crippen molar-refractivity contribution in [3.63, 3.8) is 0 Å². The van der Waals surface area contributed by atoms with Crippen molar-refractivity contribution in [3.8, 4) is 0 Å². The van der Waals surface area contributed by atoms with Crippen LogP contribution < -0.4 is 11.3 Å². The van der Waals surface area contributed by atoms with Gasteiger partial charge in [-0.1, -0.05) is 11.6 Å². The Morgan fingerprint density at radius 1 is 1.53 bits per heavy atom. The molecule has 19 heavy (non-hydrogen) atoms.